The lowest BCUT2D eigenvalue weighted by molar-refractivity contribution is -0.145. The van der Waals surface area contributed by atoms with Crippen LogP contribution in [0.2, 0.25) is 0 Å². The summed E-state index contributed by atoms with van der Waals surface area (Å²) in [5.74, 6) is -4.26. The Bertz CT molecular complexity index is 1120. The van der Waals surface area contributed by atoms with Gasteiger partial charge < -0.3 is 14.2 Å². The Morgan fingerprint density at radius 2 is 1.26 bits per heavy atom. The van der Waals surface area contributed by atoms with Gasteiger partial charge in [-0.1, -0.05) is 23.5 Å². The van der Waals surface area contributed by atoms with Crippen molar-refractivity contribution in [2.24, 2.45) is 21.8 Å². The highest BCUT2D eigenvalue weighted by molar-refractivity contribution is 8.14. The van der Waals surface area contributed by atoms with Gasteiger partial charge in [-0.2, -0.15) is 9.98 Å². The van der Waals surface area contributed by atoms with Crippen LogP contribution in [0.4, 0.5) is 0 Å². The monoisotopic (exact) mass is 518 g/mol. The molecule has 2 unspecified atom stereocenters. The predicted octanol–water partition coefficient (Wildman–Crippen LogP) is 0.972. The molecule has 184 valence electrons. The van der Waals surface area contributed by atoms with Gasteiger partial charge >= 0.3 is 0 Å². The molecule has 1 aromatic rings. The number of ether oxygens (including phenoxy) is 3. The summed E-state index contributed by atoms with van der Waals surface area (Å²) in [6.45, 7) is 0.789. The second-order valence-corrected chi connectivity index (χ2v) is 10.2. The van der Waals surface area contributed by atoms with Crippen molar-refractivity contribution in [1.82, 2.24) is 9.80 Å². The summed E-state index contributed by atoms with van der Waals surface area (Å²) in [6.07, 6.45) is 0. The molecular formula is C22H22N4O7S2. The van der Waals surface area contributed by atoms with Crippen molar-refractivity contribution in [2.45, 2.75) is 5.92 Å². The molecule has 11 nitrogen and oxygen atoms in total. The third-order valence-corrected chi connectivity index (χ3v) is 8.27. The van der Waals surface area contributed by atoms with E-state index in [1.807, 2.05) is 0 Å². The number of amidine groups is 2. The Balaban J connectivity index is 1.69. The first-order chi connectivity index (χ1) is 16.9. The van der Waals surface area contributed by atoms with Gasteiger partial charge in [0.25, 0.3) is 11.8 Å². The maximum atomic E-state index is 13.6. The summed E-state index contributed by atoms with van der Waals surface area (Å²) in [6, 6.07) is 3.12. The van der Waals surface area contributed by atoms with Crippen LogP contribution < -0.4 is 14.2 Å². The first-order valence-electron chi connectivity index (χ1n) is 10.8. The molecule has 0 saturated carbocycles. The topological polar surface area (TPSA) is 127 Å². The quantitative estimate of drug-likeness (QED) is 0.506. The highest BCUT2D eigenvalue weighted by atomic mass is 32.2. The second kappa shape index (κ2) is 9.19. The largest absolute Gasteiger partial charge is 0.493 e. The fourth-order valence-electron chi connectivity index (χ4n) is 4.76. The minimum Gasteiger partial charge on any atom is -0.493 e. The molecule has 0 spiro atoms. The minimum atomic E-state index is -1.38. The zero-order valence-corrected chi connectivity index (χ0v) is 20.8. The predicted molar refractivity (Wildman–Crippen MR) is 129 cm³/mol. The van der Waals surface area contributed by atoms with E-state index in [4.69, 9.17) is 14.2 Å². The molecule has 0 bridgehead atoms. The van der Waals surface area contributed by atoms with Gasteiger partial charge in [-0.25, -0.2) is 0 Å². The minimum absolute atomic E-state index is 0.264. The fraction of sp³-hybridized carbons (Fsp3) is 0.455. The van der Waals surface area contributed by atoms with Crippen LogP contribution in [0.15, 0.2) is 22.1 Å². The second-order valence-electron chi connectivity index (χ2n) is 8.08. The van der Waals surface area contributed by atoms with Crippen LogP contribution in [-0.2, 0) is 19.2 Å². The van der Waals surface area contributed by atoms with Crippen LogP contribution in [0.3, 0.4) is 0 Å². The first-order valence-corrected chi connectivity index (χ1v) is 12.8. The number of thioether (sulfide) groups is 2. The number of hydrogen-bond acceptors (Lipinski definition) is 9. The molecule has 35 heavy (non-hydrogen) atoms. The van der Waals surface area contributed by atoms with Gasteiger partial charge in [-0.3, -0.25) is 29.0 Å². The molecule has 5 rings (SSSR count). The highest BCUT2D eigenvalue weighted by Crippen LogP contribution is 2.46. The van der Waals surface area contributed by atoms with Crippen molar-refractivity contribution >= 4 is 57.5 Å². The van der Waals surface area contributed by atoms with Crippen molar-refractivity contribution in [2.75, 3.05) is 45.9 Å². The zero-order valence-electron chi connectivity index (χ0n) is 19.2. The summed E-state index contributed by atoms with van der Waals surface area (Å²) in [4.78, 5) is 64.9. The molecule has 0 N–H and O–H groups in total. The molecule has 4 aliphatic rings. The number of fused-ring (bicyclic) bond motifs is 2. The van der Waals surface area contributed by atoms with Crippen LogP contribution in [0.5, 0.6) is 17.2 Å². The summed E-state index contributed by atoms with van der Waals surface area (Å²) < 4.78 is 16.3. The maximum absolute atomic E-state index is 13.6. The molecule has 0 aliphatic carbocycles. The summed E-state index contributed by atoms with van der Waals surface area (Å²) in [7, 11) is 4.31. The molecule has 4 heterocycles. The van der Waals surface area contributed by atoms with Crippen LogP contribution in [-0.4, -0.2) is 89.7 Å². The molecule has 4 amide bonds. The molecular weight excluding hydrogens is 496 g/mol. The van der Waals surface area contributed by atoms with Gasteiger partial charge in [0.1, 0.15) is 11.8 Å². The van der Waals surface area contributed by atoms with Crippen molar-refractivity contribution in [1.29, 1.82) is 0 Å². The number of benzene rings is 1. The summed E-state index contributed by atoms with van der Waals surface area (Å²) >= 11 is 2.64. The first kappa shape index (κ1) is 23.7. The molecule has 0 aromatic heterocycles. The molecule has 2 atom stereocenters. The number of carbonyl (C=O) groups excluding carboxylic acids is 4. The van der Waals surface area contributed by atoms with Gasteiger partial charge in [0.2, 0.25) is 17.6 Å². The Morgan fingerprint density at radius 1 is 0.800 bits per heavy atom. The van der Waals surface area contributed by atoms with Crippen LogP contribution in [0, 0.1) is 11.8 Å². The molecule has 0 radical (unpaired) electrons. The van der Waals surface area contributed by atoms with Crippen molar-refractivity contribution < 1.29 is 33.4 Å². The van der Waals surface area contributed by atoms with Crippen LogP contribution >= 0.6 is 23.5 Å². The van der Waals surface area contributed by atoms with Crippen molar-refractivity contribution in [3.63, 3.8) is 0 Å². The SMILES string of the molecule is COc1cc(C(C2C(=O)N=C3SCCN3C2=O)C2C(=O)N=C3SCCN3C2=O)cc(OC)c1OC. The van der Waals surface area contributed by atoms with Gasteiger partial charge in [0.15, 0.2) is 21.8 Å². The lowest BCUT2D eigenvalue weighted by Crippen LogP contribution is -2.53. The number of carbonyl (C=O) groups is 4. The smallest absolute Gasteiger partial charge is 0.261 e. The number of methoxy groups -OCH3 is 3. The van der Waals surface area contributed by atoms with Crippen molar-refractivity contribution in [3.05, 3.63) is 17.7 Å². The third kappa shape index (κ3) is 3.77. The molecule has 2 saturated heterocycles. The van der Waals surface area contributed by atoms with E-state index in [1.165, 1.54) is 54.7 Å². The van der Waals surface area contributed by atoms with Crippen molar-refractivity contribution in [3.8, 4) is 17.2 Å². The standard InChI is InChI=1S/C22H22N4O7S2/c1-31-11-8-10(9-12(32-2)16(11)33-3)13(14-17(27)23-21-25(19(14)29)4-6-34-21)15-18(28)24-22-26(20(15)30)5-7-35-22/h8-9,13-15H,4-7H2,1-3H3. The number of nitrogens with zero attached hydrogens (tertiary/aromatic N) is 4. The van der Waals surface area contributed by atoms with Gasteiger partial charge in [0.05, 0.1) is 21.3 Å². The van der Waals surface area contributed by atoms with E-state index in [1.54, 1.807) is 12.1 Å². The van der Waals surface area contributed by atoms with Gasteiger partial charge in [0, 0.05) is 30.5 Å². The van der Waals surface area contributed by atoms with E-state index in [2.05, 4.69) is 9.98 Å². The maximum Gasteiger partial charge on any atom is 0.261 e. The highest BCUT2D eigenvalue weighted by Gasteiger charge is 2.54. The number of hydrogen-bond donors (Lipinski definition) is 0. The van der Waals surface area contributed by atoms with E-state index in [0.717, 1.165) is 0 Å². The summed E-state index contributed by atoms with van der Waals surface area (Å²) in [5.41, 5.74) is 0.342. The Kier molecular flexibility index (Phi) is 6.21. The van der Waals surface area contributed by atoms with Gasteiger partial charge in [-0.05, 0) is 17.7 Å². The molecule has 1 aromatic carbocycles. The lowest BCUT2D eigenvalue weighted by atomic mass is 9.73. The number of aliphatic imine (C=N–C) groups is 2. The fourth-order valence-corrected chi connectivity index (χ4v) is 6.65. The normalized spacial score (nSPS) is 24.7. The average molecular weight is 519 g/mol. The number of rotatable bonds is 6. The third-order valence-electron chi connectivity index (χ3n) is 6.35. The van der Waals surface area contributed by atoms with E-state index >= 15 is 0 Å². The Morgan fingerprint density at radius 3 is 1.66 bits per heavy atom. The molecule has 2 fully saturated rings. The average Bonchev–Trinajstić information content (AvgIpc) is 3.51. The van der Waals surface area contributed by atoms with E-state index in [0.29, 0.717) is 46.2 Å². The van der Waals surface area contributed by atoms with E-state index < -0.39 is 41.4 Å². The lowest BCUT2D eigenvalue weighted by Gasteiger charge is -2.36. The van der Waals surface area contributed by atoms with Gasteiger partial charge in [-0.15, -0.1) is 0 Å². The van der Waals surface area contributed by atoms with E-state index in [9.17, 15) is 19.2 Å². The van der Waals surface area contributed by atoms with Crippen LogP contribution in [0.1, 0.15) is 11.5 Å². The van der Waals surface area contributed by atoms with E-state index in [-0.39, 0.29) is 11.5 Å². The zero-order chi connectivity index (χ0) is 24.9. The molecule has 13 heteroatoms. The summed E-state index contributed by atoms with van der Waals surface area (Å²) in [5, 5.41) is 0.690. The Hall–Kier alpha value is -3.06. The Labute approximate surface area is 209 Å². The number of amides is 4. The van der Waals surface area contributed by atoms with Crippen LogP contribution in [0.25, 0.3) is 0 Å². The molecule has 4 aliphatic heterocycles.